The lowest BCUT2D eigenvalue weighted by molar-refractivity contribution is 1.17. The molecule has 0 atom stereocenters. The summed E-state index contributed by atoms with van der Waals surface area (Å²) in [4.78, 5) is 3.02. The zero-order chi connectivity index (χ0) is 9.68. The van der Waals surface area contributed by atoms with Crippen LogP contribution in [0.1, 0.15) is 25.6 Å². The molecule has 0 aliphatic rings. The monoisotopic (exact) mass is 232 g/mol. The second-order valence-electron chi connectivity index (χ2n) is 2.58. The first-order valence-electron chi connectivity index (χ1n) is 4.70. The minimum atomic E-state index is 1.17. The lowest BCUT2D eigenvalue weighted by atomic mass is 10.4. The predicted molar refractivity (Wildman–Crippen MR) is 66.5 cm³/mol. The molecule has 0 fully saturated rings. The molecule has 0 amide bonds. The van der Waals surface area contributed by atoms with Crippen molar-refractivity contribution >= 4 is 34.9 Å². The minimum absolute atomic E-state index is 1.17. The number of aryl methyl sites for hydroxylation is 1. The van der Waals surface area contributed by atoms with E-state index in [9.17, 15) is 0 Å². The average Bonchev–Trinajstić information content (AvgIpc) is 2.50. The van der Waals surface area contributed by atoms with E-state index < -0.39 is 0 Å². The lowest BCUT2D eigenvalue weighted by Gasteiger charge is -1.97. The highest BCUT2D eigenvalue weighted by molar-refractivity contribution is 8.03. The minimum Gasteiger partial charge on any atom is -0.133 e. The molecule has 0 bridgehead atoms. The summed E-state index contributed by atoms with van der Waals surface area (Å²) in [6.45, 7) is 6.66. The van der Waals surface area contributed by atoms with E-state index in [4.69, 9.17) is 0 Å². The molecule has 0 aromatic carbocycles. The number of thiophene rings is 1. The van der Waals surface area contributed by atoms with Crippen molar-refractivity contribution in [3.8, 4) is 0 Å². The van der Waals surface area contributed by atoms with Crippen LogP contribution in [0.25, 0.3) is 0 Å². The average molecular weight is 232 g/mol. The van der Waals surface area contributed by atoms with Crippen molar-refractivity contribution in [3.05, 3.63) is 10.9 Å². The molecule has 1 rings (SSSR count). The first-order chi connectivity index (χ1) is 6.31. The Morgan fingerprint density at radius 2 is 1.85 bits per heavy atom. The molecule has 74 valence electrons. The SMILES string of the molecule is CCSc1cc(CC)sc1SCC. The van der Waals surface area contributed by atoms with Gasteiger partial charge in [0.05, 0.1) is 4.21 Å². The third-order valence-electron chi connectivity index (χ3n) is 1.64. The van der Waals surface area contributed by atoms with Crippen LogP contribution in [0.2, 0.25) is 0 Å². The molecule has 0 aliphatic carbocycles. The van der Waals surface area contributed by atoms with Crippen LogP contribution in [0.4, 0.5) is 0 Å². The molecule has 0 aliphatic heterocycles. The van der Waals surface area contributed by atoms with Gasteiger partial charge in [0.2, 0.25) is 0 Å². The van der Waals surface area contributed by atoms with Crippen molar-refractivity contribution in [1.82, 2.24) is 0 Å². The van der Waals surface area contributed by atoms with Crippen molar-refractivity contribution in [3.63, 3.8) is 0 Å². The van der Waals surface area contributed by atoms with E-state index in [1.54, 1.807) is 0 Å². The first-order valence-corrected chi connectivity index (χ1v) is 7.48. The number of rotatable bonds is 5. The third-order valence-corrected chi connectivity index (χ3v) is 5.27. The van der Waals surface area contributed by atoms with Gasteiger partial charge in [-0.2, -0.15) is 0 Å². The Morgan fingerprint density at radius 1 is 1.15 bits per heavy atom. The van der Waals surface area contributed by atoms with Crippen molar-refractivity contribution in [2.24, 2.45) is 0 Å². The summed E-state index contributed by atoms with van der Waals surface area (Å²) in [6.07, 6.45) is 1.17. The van der Waals surface area contributed by atoms with Crippen LogP contribution in [-0.2, 0) is 6.42 Å². The fourth-order valence-electron chi connectivity index (χ4n) is 1.07. The Labute approximate surface area is 93.5 Å². The van der Waals surface area contributed by atoms with Gasteiger partial charge in [0.1, 0.15) is 0 Å². The maximum Gasteiger partial charge on any atom is 0.0737 e. The molecule has 0 radical (unpaired) electrons. The van der Waals surface area contributed by atoms with Crippen LogP contribution >= 0.6 is 34.9 Å². The van der Waals surface area contributed by atoms with Gasteiger partial charge in [-0.05, 0) is 24.0 Å². The summed E-state index contributed by atoms with van der Waals surface area (Å²) >= 11 is 5.91. The van der Waals surface area contributed by atoms with Crippen LogP contribution in [0.5, 0.6) is 0 Å². The summed E-state index contributed by atoms with van der Waals surface area (Å²) in [5, 5.41) is 0. The summed E-state index contributed by atoms with van der Waals surface area (Å²) in [5.41, 5.74) is 0. The zero-order valence-corrected chi connectivity index (χ0v) is 10.9. The van der Waals surface area contributed by atoms with Gasteiger partial charge >= 0.3 is 0 Å². The normalized spacial score (nSPS) is 10.7. The fourth-order valence-corrected chi connectivity index (χ4v) is 4.54. The van der Waals surface area contributed by atoms with Gasteiger partial charge in [0, 0.05) is 9.77 Å². The highest BCUT2D eigenvalue weighted by atomic mass is 32.2. The second kappa shape index (κ2) is 5.99. The standard InChI is InChI=1S/C10H16S3/c1-4-8-7-9(11-5-2)10(13-8)12-6-3/h7H,4-6H2,1-3H3. The van der Waals surface area contributed by atoms with E-state index in [1.165, 1.54) is 31.9 Å². The summed E-state index contributed by atoms with van der Waals surface area (Å²) in [7, 11) is 0. The van der Waals surface area contributed by atoms with Gasteiger partial charge in [-0.3, -0.25) is 0 Å². The van der Waals surface area contributed by atoms with Crippen molar-refractivity contribution in [1.29, 1.82) is 0 Å². The smallest absolute Gasteiger partial charge is 0.0737 e. The zero-order valence-electron chi connectivity index (χ0n) is 8.42. The number of thioether (sulfide) groups is 2. The molecule has 0 saturated carbocycles. The summed E-state index contributed by atoms with van der Waals surface area (Å²) in [6, 6.07) is 2.36. The third kappa shape index (κ3) is 3.22. The molecule has 0 saturated heterocycles. The van der Waals surface area contributed by atoms with Gasteiger partial charge in [0.25, 0.3) is 0 Å². The van der Waals surface area contributed by atoms with Gasteiger partial charge < -0.3 is 0 Å². The largest absolute Gasteiger partial charge is 0.133 e. The van der Waals surface area contributed by atoms with Crippen LogP contribution in [0, 0.1) is 0 Å². The fraction of sp³-hybridized carbons (Fsp3) is 0.600. The van der Waals surface area contributed by atoms with E-state index >= 15 is 0 Å². The number of hydrogen-bond acceptors (Lipinski definition) is 3. The highest BCUT2D eigenvalue weighted by Crippen LogP contribution is 2.38. The van der Waals surface area contributed by atoms with Gasteiger partial charge in [-0.1, -0.05) is 20.8 Å². The molecule has 13 heavy (non-hydrogen) atoms. The van der Waals surface area contributed by atoms with E-state index in [0.717, 1.165) is 0 Å². The predicted octanol–water partition coefficient (Wildman–Crippen LogP) is 4.53. The molecule has 1 aromatic heterocycles. The van der Waals surface area contributed by atoms with E-state index in [1.807, 2.05) is 34.9 Å². The van der Waals surface area contributed by atoms with E-state index in [-0.39, 0.29) is 0 Å². The van der Waals surface area contributed by atoms with Crippen LogP contribution < -0.4 is 0 Å². The first kappa shape index (κ1) is 11.5. The summed E-state index contributed by atoms with van der Waals surface area (Å²) in [5.74, 6) is 2.36. The van der Waals surface area contributed by atoms with Crippen LogP contribution in [0.15, 0.2) is 15.2 Å². The van der Waals surface area contributed by atoms with E-state index in [2.05, 4.69) is 26.8 Å². The molecule has 1 heterocycles. The lowest BCUT2D eigenvalue weighted by Crippen LogP contribution is -1.71. The number of hydrogen-bond donors (Lipinski definition) is 0. The Bertz CT molecular complexity index is 229. The molecule has 3 heteroatoms. The van der Waals surface area contributed by atoms with Crippen molar-refractivity contribution in [2.75, 3.05) is 11.5 Å². The Hall–Kier alpha value is 0.400. The van der Waals surface area contributed by atoms with E-state index in [0.29, 0.717) is 0 Å². The molecular weight excluding hydrogens is 216 g/mol. The van der Waals surface area contributed by atoms with Crippen molar-refractivity contribution in [2.45, 2.75) is 36.3 Å². The Morgan fingerprint density at radius 3 is 2.38 bits per heavy atom. The molecule has 0 unspecified atom stereocenters. The van der Waals surface area contributed by atoms with Gasteiger partial charge in [0.15, 0.2) is 0 Å². The molecule has 0 spiro atoms. The maximum absolute atomic E-state index is 2.36. The molecule has 1 aromatic rings. The molecule has 0 nitrogen and oxygen atoms in total. The van der Waals surface area contributed by atoms with Gasteiger partial charge in [-0.15, -0.1) is 34.9 Å². The maximum atomic E-state index is 2.36. The molecule has 0 N–H and O–H groups in total. The van der Waals surface area contributed by atoms with Gasteiger partial charge in [-0.25, -0.2) is 0 Å². The van der Waals surface area contributed by atoms with Crippen LogP contribution in [-0.4, -0.2) is 11.5 Å². The Kier molecular flexibility index (Phi) is 5.29. The molecular formula is C10H16S3. The summed E-state index contributed by atoms with van der Waals surface area (Å²) < 4.78 is 1.52. The highest BCUT2D eigenvalue weighted by Gasteiger charge is 2.07. The van der Waals surface area contributed by atoms with Crippen molar-refractivity contribution < 1.29 is 0 Å². The Balaban J connectivity index is 2.79. The quantitative estimate of drug-likeness (QED) is 0.684. The second-order valence-corrected chi connectivity index (χ2v) is 6.56. The topological polar surface area (TPSA) is 0 Å². The van der Waals surface area contributed by atoms with Crippen LogP contribution in [0.3, 0.4) is 0 Å².